The number of aromatic nitrogens is 1. The van der Waals surface area contributed by atoms with Gasteiger partial charge in [0.25, 0.3) is 5.91 Å². The first kappa shape index (κ1) is 21.4. The van der Waals surface area contributed by atoms with Crippen LogP contribution in [0.25, 0.3) is 17.0 Å². The molecule has 0 unspecified atom stereocenters. The Morgan fingerprint density at radius 1 is 1.00 bits per heavy atom. The monoisotopic (exact) mass is 458 g/mol. The molecule has 33 heavy (non-hydrogen) atoms. The molecule has 0 saturated carbocycles. The third kappa shape index (κ3) is 3.93. The normalized spacial score (nSPS) is 18.1. The van der Waals surface area contributed by atoms with E-state index in [1.165, 1.54) is 6.42 Å². The van der Waals surface area contributed by atoms with Crippen molar-refractivity contribution >= 4 is 51.8 Å². The minimum absolute atomic E-state index is 0.139. The molecule has 3 heterocycles. The Bertz CT molecular complexity index is 1260. The van der Waals surface area contributed by atoms with E-state index in [1.54, 1.807) is 9.80 Å². The number of para-hydroxylation sites is 2. The van der Waals surface area contributed by atoms with Gasteiger partial charge in [-0.1, -0.05) is 36.4 Å². The smallest absolute Gasteiger partial charge is 0.281 e. The van der Waals surface area contributed by atoms with Crippen LogP contribution in [0, 0.1) is 0 Å². The van der Waals surface area contributed by atoms with Gasteiger partial charge in [-0.05, 0) is 55.8 Å². The van der Waals surface area contributed by atoms with Crippen molar-refractivity contribution in [2.75, 3.05) is 25.0 Å². The SMILES string of the molecule is CN1C(=S)N(c2ccccc2)C(=O)/C1=C/c1cn(CC(=O)N2CCCCC2)c2ccccc12. The first-order valence-corrected chi connectivity index (χ1v) is 11.7. The van der Waals surface area contributed by atoms with Crippen LogP contribution in [0.1, 0.15) is 24.8 Å². The van der Waals surface area contributed by atoms with Gasteiger partial charge in [-0.2, -0.15) is 0 Å². The zero-order valence-corrected chi connectivity index (χ0v) is 19.4. The number of rotatable bonds is 4. The molecule has 0 aliphatic carbocycles. The van der Waals surface area contributed by atoms with E-state index in [9.17, 15) is 9.59 Å². The average Bonchev–Trinajstić information content (AvgIpc) is 3.30. The Morgan fingerprint density at radius 3 is 2.45 bits per heavy atom. The van der Waals surface area contributed by atoms with Gasteiger partial charge in [-0.25, -0.2) is 0 Å². The van der Waals surface area contributed by atoms with Gasteiger partial charge in [0, 0.05) is 42.8 Å². The number of hydrogen-bond donors (Lipinski definition) is 0. The Kier molecular flexibility index (Phi) is 5.72. The van der Waals surface area contributed by atoms with Gasteiger partial charge in [0.2, 0.25) is 5.91 Å². The Hall–Kier alpha value is -3.45. The summed E-state index contributed by atoms with van der Waals surface area (Å²) in [5.74, 6) is -0.0185. The molecule has 2 saturated heterocycles. The number of amides is 2. The van der Waals surface area contributed by atoms with Crippen LogP contribution < -0.4 is 4.90 Å². The van der Waals surface area contributed by atoms with Gasteiger partial charge in [-0.15, -0.1) is 0 Å². The van der Waals surface area contributed by atoms with Gasteiger partial charge in [0.15, 0.2) is 5.11 Å². The number of fused-ring (bicyclic) bond motifs is 1. The fourth-order valence-corrected chi connectivity index (χ4v) is 4.91. The summed E-state index contributed by atoms with van der Waals surface area (Å²) in [5.41, 5.74) is 3.13. The van der Waals surface area contributed by atoms with Crippen molar-refractivity contribution in [2.45, 2.75) is 25.8 Å². The maximum Gasteiger partial charge on any atom is 0.281 e. The van der Waals surface area contributed by atoms with E-state index >= 15 is 0 Å². The first-order valence-electron chi connectivity index (χ1n) is 11.3. The minimum Gasteiger partial charge on any atom is -0.341 e. The topological polar surface area (TPSA) is 48.8 Å². The fraction of sp³-hybridized carbons (Fsp3) is 0.269. The van der Waals surface area contributed by atoms with E-state index in [-0.39, 0.29) is 11.8 Å². The zero-order valence-electron chi connectivity index (χ0n) is 18.6. The fourth-order valence-electron chi connectivity index (χ4n) is 4.62. The molecule has 7 heteroatoms. The summed E-state index contributed by atoms with van der Waals surface area (Å²) in [6.07, 6.45) is 7.18. The van der Waals surface area contributed by atoms with Crippen LogP contribution in [0.15, 0.2) is 66.5 Å². The number of likely N-dealkylation sites (N-methyl/N-ethyl adjacent to an activating group) is 1. The van der Waals surface area contributed by atoms with Crippen molar-refractivity contribution in [3.05, 3.63) is 72.1 Å². The summed E-state index contributed by atoms with van der Waals surface area (Å²) in [6, 6.07) is 17.4. The second kappa shape index (κ2) is 8.83. The molecule has 2 amide bonds. The van der Waals surface area contributed by atoms with E-state index < -0.39 is 0 Å². The van der Waals surface area contributed by atoms with E-state index in [4.69, 9.17) is 12.2 Å². The lowest BCUT2D eigenvalue weighted by Gasteiger charge is -2.27. The van der Waals surface area contributed by atoms with Crippen molar-refractivity contribution in [1.29, 1.82) is 0 Å². The van der Waals surface area contributed by atoms with Crippen LogP contribution in [0.4, 0.5) is 5.69 Å². The summed E-state index contributed by atoms with van der Waals surface area (Å²) in [6.45, 7) is 1.96. The third-order valence-electron chi connectivity index (χ3n) is 6.40. The van der Waals surface area contributed by atoms with Crippen molar-refractivity contribution in [3.63, 3.8) is 0 Å². The summed E-state index contributed by atoms with van der Waals surface area (Å²) in [4.78, 5) is 31.5. The molecule has 0 bridgehead atoms. The molecule has 0 atom stereocenters. The molecule has 6 nitrogen and oxygen atoms in total. The van der Waals surface area contributed by atoms with Crippen LogP contribution in [-0.2, 0) is 16.1 Å². The zero-order chi connectivity index (χ0) is 22.9. The Labute approximate surface area is 198 Å². The largest absolute Gasteiger partial charge is 0.341 e. The molecule has 2 aliphatic heterocycles. The molecule has 0 spiro atoms. The number of benzene rings is 2. The van der Waals surface area contributed by atoms with E-state index in [2.05, 4.69) is 0 Å². The second-order valence-corrected chi connectivity index (χ2v) is 8.88. The van der Waals surface area contributed by atoms with Crippen molar-refractivity contribution in [3.8, 4) is 0 Å². The highest BCUT2D eigenvalue weighted by molar-refractivity contribution is 7.80. The lowest BCUT2D eigenvalue weighted by Crippen LogP contribution is -2.37. The maximum absolute atomic E-state index is 13.3. The molecule has 2 fully saturated rings. The molecule has 5 rings (SSSR count). The predicted molar refractivity (Wildman–Crippen MR) is 135 cm³/mol. The molecule has 3 aromatic rings. The molecule has 2 aliphatic rings. The molecule has 2 aromatic carbocycles. The quantitative estimate of drug-likeness (QED) is 0.433. The second-order valence-electron chi connectivity index (χ2n) is 8.52. The molecular weight excluding hydrogens is 432 g/mol. The Morgan fingerprint density at radius 2 is 1.70 bits per heavy atom. The number of carbonyl (C=O) groups is 2. The van der Waals surface area contributed by atoms with Gasteiger partial charge in [0.05, 0.1) is 5.69 Å². The number of hydrogen-bond acceptors (Lipinski definition) is 3. The highest BCUT2D eigenvalue weighted by atomic mass is 32.1. The van der Waals surface area contributed by atoms with Crippen LogP contribution in [-0.4, -0.2) is 51.4 Å². The summed E-state index contributed by atoms with van der Waals surface area (Å²) in [7, 11) is 1.81. The van der Waals surface area contributed by atoms with Gasteiger partial charge in [0.1, 0.15) is 12.2 Å². The number of likely N-dealkylation sites (tertiary alicyclic amines) is 1. The Balaban J connectivity index is 1.49. The molecule has 1 aromatic heterocycles. The molecule has 0 radical (unpaired) electrons. The van der Waals surface area contributed by atoms with Crippen LogP contribution >= 0.6 is 12.2 Å². The maximum atomic E-state index is 13.3. The van der Waals surface area contributed by atoms with Crippen LogP contribution in [0.2, 0.25) is 0 Å². The lowest BCUT2D eigenvalue weighted by atomic mass is 10.1. The molecule has 0 N–H and O–H groups in total. The summed E-state index contributed by atoms with van der Waals surface area (Å²) >= 11 is 5.58. The minimum atomic E-state index is -0.157. The van der Waals surface area contributed by atoms with Crippen molar-refractivity contribution in [2.24, 2.45) is 0 Å². The number of thiocarbonyl (C=S) groups is 1. The van der Waals surface area contributed by atoms with Crippen molar-refractivity contribution in [1.82, 2.24) is 14.4 Å². The average molecular weight is 459 g/mol. The number of carbonyl (C=O) groups excluding carboxylic acids is 2. The molecular formula is C26H26N4O2S. The van der Waals surface area contributed by atoms with Crippen molar-refractivity contribution < 1.29 is 9.59 Å². The third-order valence-corrected chi connectivity index (χ3v) is 6.86. The predicted octanol–water partition coefficient (Wildman–Crippen LogP) is 4.26. The first-order chi connectivity index (χ1) is 16.0. The van der Waals surface area contributed by atoms with E-state index in [0.29, 0.717) is 17.4 Å². The lowest BCUT2D eigenvalue weighted by molar-refractivity contribution is -0.132. The van der Waals surface area contributed by atoms with Crippen LogP contribution in [0.3, 0.4) is 0 Å². The van der Waals surface area contributed by atoms with E-state index in [0.717, 1.165) is 48.1 Å². The van der Waals surface area contributed by atoms with Gasteiger partial charge < -0.3 is 14.4 Å². The highest BCUT2D eigenvalue weighted by Gasteiger charge is 2.36. The number of nitrogens with zero attached hydrogens (tertiary/aromatic N) is 4. The standard InChI is InChI=1S/C26H26N4O2S/c1-27-23(25(32)30(26(27)33)20-10-4-2-5-11-20)16-19-17-29(22-13-7-6-12-21(19)22)18-24(31)28-14-8-3-9-15-28/h2,4-7,10-13,16-17H,3,8-9,14-15,18H2,1H3/b23-16-. The number of piperidine rings is 1. The summed E-state index contributed by atoms with van der Waals surface area (Å²) in [5, 5.41) is 1.45. The summed E-state index contributed by atoms with van der Waals surface area (Å²) < 4.78 is 1.99. The number of anilines is 1. The van der Waals surface area contributed by atoms with Gasteiger partial charge in [-0.3, -0.25) is 14.5 Å². The highest BCUT2D eigenvalue weighted by Crippen LogP contribution is 2.30. The molecule has 168 valence electrons. The van der Waals surface area contributed by atoms with E-state index in [1.807, 2.05) is 83.4 Å². The van der Waals surface area contributed by atoms with Gasteiger partial charge >= 0.3 is 0 Å². The van der Waals surface area contributed by atoms with Crippen LogP contribution in [0.5, 0.6) is 0 Å².